The topological polar surface area (TPSA) is 91.4 Å². The molecule has 0 atom stereocenters. The van der Waals surface area contributed by atoms with Crippen molar-refractivity contribution in [1.82, 2.24) is 9.80 Å². The van der Waals surface area contributed by atoms with E-state index in [1.54, 1.807) is 11.0 Å². The van der Waals surface area contributed by atoms with Crippen LogP contribution in [0.3, 0.4) is 0 Å². The molecule has 0 aromatic heterocycles. The largest absolute Gasteiger partial charge is 0.505 e. The van der Waals surface area contributed by atoms with Gasteiger partial charge in [-0.3, -0.25) is 0 Å². The molecular weight excluding hydrogens is 327 g/mol. The van der Waals surface area contributed by atoms with Gasteiger partial charge in [-0.25, -0.2) is 14.2 Å². The van der Waals surface area contributed by atoms with Crippen LogP contribution in [-0.4, -0.2) is 58.7 Å². The number of guanidine groups is 1. The smallest absolute Gasteiger partial charge is 0.410 e. The summed E-state index contributed by atoms with van der Waals surface area (Å²) in [4.78, 5) is 19.8. The van der Waals surface area contributed by atoms with E-state index in [-0.39, 0.29) is 18.4 Å². The van der Waals surface area contributed by atoms with Gasteiger partial charge in [-0.05, 0) is 38.5 Å². The Labute approximate surface area is 146 Å². The second kappa shape index (κ2) is 7.58. The van der Waals surface area contributed by atoms with E-state index >= 15 is 0 Å². The summed E-state index contributed by atoms with van der Waals surface area (Å²) in [5.74, 6) is -0.728. The van der Waals surface area contributed by atoms with Gasteiger partial charge in [0.05, 0.1) is 6.54 Å². The summed E-state index contributed by atoms with van der Waals surface area (Å²) in [6.45, 7) is 7.82. The molecule has 7 nitrogen and oxygen atoms in total. The average molecular weight is 352 g/mol. The molecule has 1 saturated heterocycles. The van der Waals surface area contributed by atoms with Crippen molar-refractivity contribution < 1.29 is 19.0 Å². The number of piperazine rings is 1. The van der Waals surface area contributed by atoms with Gasteiger partial charge < -0.3 is 25.4 Å². The van der Waals surface area contributed by atoms with Crippen molar-refractivity contribution in [3.8, 4) is 5.75 Å². The SMILES string of the molecule is CC(C)(C)OC(=O)N1CCN(C(N)=NCc2ccc(O)c(F)c2)CC1. The van der Waals surface area contributed by atoms with Gasteiger partial charge in [0.25, 0.3) is 0 Å². The number of halogens is 1. The fourth-order valence-electron chi connectivity index (χ4n) is 2.37. The number of hydrogen-bond acceptors (Lipinski definition) is 4. The molecule has 0 unspecified atom stereocenters. The lowest BCUT2D eigenvalue weighted by Gasteiger charge is -2.36. The first kappa shape index (κ1) is 18.8. The molecule has 0 bridgehead atoms. The number of phenols is 1. The van der Waals surface area contributed by atoms with E-state index in [0.717, 1.165) is 0 Å². The fraction of sp³-hybridized carbons (Fsp3) is 0.529. The number of aliphatic imine (C=N–C) groups is 1. The minimum absolute atomic E-state index is 0.218. The van der Waals surface area contributed by atoms with Crippen molar-refractivity contribution in [3.63, 3.8) is 0 Å². The number of benzene rings is 1. The van der Waals surface area contributed by atoms with Crippen LogP contribution in [-0.2, 0) is 11.3 Å². The number of hydrogen-bond donors (Lipinski definition) is 2. The summed E-state index contributed by atoms with van der Waals surface area (Å²) in [6, 6.07) is 4.11. The first-order chi connectivity index (χ1) is 11.7. The van der Waals surface area contributed by atoms with Gasteiger partial charge in [-0.15, -0.1) is 0 Å². The third kappa shape index (κ3) is 5.51. The summed E-state index contributed by atoms with van der Waals surface area (Å²) in [5, 5.41) is 9.18. The van der Waals surface area contributed by atoms with E-state index < -0.39 is 11.4 Å². The van der Waals surface area contributed by atoms with Gasteiger partial charge >= 0.3 is 6.09 Å². The maximum absolute atomic E-state index is 13.3. The maximum atomic E-state index is 13.3. The standard InChI is InChI=1S/C17H25FN4O3/c1-17(2,3)25-16(24)22-8-6-21(7-9-22)15(19)20-11-12-4-5-14(23)13(18)10-12/h4-5,10,23H,6-9,11H2,1-3H3,(H2,19,20). The van der Waals surface area contributed by atoms with Crippen molar-refractivity contribution in [2.24, 2.45) is 10.7 Å². The Balaban J connectivity index is 1.87. The van der Waals surface area contributed by atoms with E-state index in [9.17, 15) is 14.3 Å². The summed E-state index contributed by atoms with van der Waals surface area (Å²) in [7, 11) is 0. The van der Waals surface area contributed by atoms with Gasteiger partial charge in [0.2, 0.25) is 0 Å². The predicted molar refractivity (Wildman–Crippen MR) is 92.8 cm³/mol. The summed E-state index contributed by atoms with van der Waals surface area (Å²) in [6.07, 6.45) is -0.331. The van der Waals surface area contributed by atoms with Crippen LogP contribution in [0.4, 0.5) is 9.18 Å². The van der Waals surface area contributed by atoms with Gasteiger partial charge in [0.15, 0.2) is 17.5 Å². The molecule has 1 aromatic rings. The third-order valence-corrected chi connectivity index (χ3v) is 3.69. The highest BCUT2D eigenvalue weighted by molar-refractivity contribution is 5.78. The lowest BCUT2D eigenvalue weighted by Crippen LogP contribution is -2.53. The monoisotopic (exact) mass is 352 g/mol. The predicted octanol–water partition coefficient (Wildman–Crippen LogP) is 1.90. The Kier molecular flexibility index (Phi) is 5.71. The Morgan fingerprint density at radius 2 is 1.88 bits per heavy atom. The van der Waals surface area contributed by atoms with E-state index in [4.69, 9.17) is 10.5 Å². The number of carbonyl (C=O) groups excluding carboxylic acids is 1. The van der Waals surface area contributed by atoms with E-state index in [1.165, 1.54) is 12.1 Å². The third-order valence-electron chi connectivity index (χ3n) is 3.69. The Bertz CT molecular complexity index is 650. The molecule has 2 rings (SSSR count). The molecule has 1 aliphatic rings. The van der Waals surface area contributed by atoms with Gasteiger partial charge in [-0.2, -0.15) is 0 Å². The lowest BCUT2D eigenvalue weighted by atomic mass is 10.2. The van der Waals surface area contributed by atoms with E-state index in [0.29, 0.717) is 37.7 Å². The van der Waals surface area contributed by atoms with Gasteiger partial charge in [0, 0.05) is 26.2 Å². The zero-order chi connectivity index (χ0) is 18.6. The van der Waals surface area contributed by atoms with Crippen molar-refractivity contribution in [3.05, 3.63) is 29.6 Å². The van der Waals surface area contributed by atoms with Crippen molar-refractivity contribution >= 4 is 12.1 Å². The summed E-state index contributed by atoms with van der Waals surface area (Å²) in [5.41, 5.74) is 6.08. The number of ether oxygens (including phenoxy) is 1. The van der Waals surface area contributed by atoms with E-state index in [2.05, 4.69) is 4.99 Å². The quantitative estimate of drug-likeness (QED) is 0.627. The zero-order valence-electron chi connectivity index (χ0n) is 14.8. The maximum Gasteiger partial charge on any atom is 0.410 e. The molecule has 1 heterocycles. The van der Waals surface area contributed by atoms with Crippen LogP contribution < -0.4 is 5.73 Å². The number of carbonyl (C=O) groups is 1. The molecule has 1 aliphatic heterocycles. The Hall–Kier alpha value is -2.51. The van der Waals surface area contributed by atoms with Crippen molar-refractivity contribution in [2.45, 2.75) is 32.9 Å². The highest BCUT2D eigenvalue weighted by atomic mass is 19.1. The normalized spacial score (nSPS) is 16.1. The molecule has 0 spiro atoms. The van der Waals surface area contributed by atoms with Crippen molar-refractivity contribution in [2.75, 3.05) is 26.2 Å². The number of nitrogens with two attached hydrogens (primary N) is 1. The second-order valence-corrected chi connectivity index (χ2v) is 6.91. The first-order valence-electron chi connectivity index (χ1n) is 8.16. The van der Waals surface area contributed by atoms with Gasteiger partial charge in [-0.1, -0.05) is 6.07 Å². The molecule has 0 aliphatic carbocycles. The van der Waals surface area contributed by atoms with Gasteiger partial charge in [0.1, 0.15) is 5.60 Å². The summed E-state index contributed by atoms with van der Waals surface area (Å²) >= 11 is 0. The second-order valence-electron chi connectivity index (χ2n) is 6.91. The Morgan fingerprint density at radius 3 is 2.44 bits per heavy atom. The van der Waals surface area contributed by atoms with Crippen LogP contribution >= 0.6 is 0 Å². The van der Waals surface area contributed by atoms with Crippen LogP contribution in [0.15, 0.2) is 23.2 Å². The van der Waals surface area contributed by atoms with Crippen molar-refractivity contribution in [1.29, 1.82) is 0 Å². The number of rotatable bonds is 2. The first-order valence-corrected chi connectivity index (χ1v) is 8.16. The number of aromatic hydroxyl groups is 1. The minimum atomic E-state index is -0.683. The van der Waals surface area contributed by atoms with Crippen LogP contribution in [0.25, 0.3) is 0 Å². The highest BCUT2D eigenvalue weighted by Gasteiger charge is 2.26. The zero-order valence-corrected chi connectivity index (χ0v) is 14.8. The number of nitrogens with zero attached hydrogens (tertiary/aromatic N) is 3. The molecule has 3 N–H and O–H groups in total. The molecule has 1 fully saturated rings. The number of amides is 1. The molecular formula is C17H25FN4O3. The molecule has 8 heteroatoms. The fourth-order valence-corrected chi connectivity index (χ4v) is 2.37. The molecule has 1 amide bonds. The summed E-state index contributed by atoms with van der Waals surface area (Å²) < 4.78 is 18.7. The van der Waals surface area contributed by atoms with Crippen LogP contribution in [0.2, 0.25) is 0 Å². The minimum Gasteiger partial charge on any atom is -0.505 e. The lowest BCUT2D eigenvalue weighted by molar-refractivity contribution is 0.0186. The van der Waals surface area contributed by atoms with E-state index in [1.807, 2.05) is 25.7 Å². The van der Waals surface area contributed by atoms with Crippen LogP contribution in [0.1, 0.15) is 26.3 Å². The molecule has 25 heavy (non-hydrogen) atoms. The number of phenolic OH excluding ortho intramolecular Hbond substituents is 1. The van der Waals surface area contributed by atoms with Crippen LogP contribution in [0, 0.1) is 5.82 Å². The molecule has 0 radical (unpaired) electrons. The Morgan fingerprint density at radius 1 is 1.28 bits per heavy atom. The highest BCUT2D eigenvalue weighted by Crippen LogP contribution is 2.17. The average Bonchev–Trinajstić information content (AvgIpc) is 2.54. The molecule has 1 aromatic carbocycles. The molecule has 138 valence electrons. The molecule has 0 saturated carbocycles. The van der Waals surface area contributed by atoms with Crippen LogP contribution in [0.5, 0.6) is 5.75 Å².